The smallest absolute Gasteiger partial charge is 0.123 e. The van der Waals surface area contributed by atoms with Crippen molar-refractivity contribution in [2.24, 2.45) is 0 Å². The summed E-state index contributed by atoms with van der Waals surface area (Å²) in [5, 5.41) is 8.65. The van der Waals surface area contributed by atoms with Crippen LogP contribution in [0.3, 0.4) is 0 Å². The summed E-state index contributed by atoms with van der Waals surface area (Å²) in [5.41, 5.74) is 8.24. The van der Waals surface area contributed by atoms with Crippen LogP contribution in [0, 0.1) is 39.3 Å². The van der Waals surface area contributed by atoms with Gasteiger partial charge in [0.2, 0.25) is 0 Å². The summed E-state index contributed by atoms with van der Waals surface area (Å²) < 4.78 is 37.7. The number of ether oxygens (including phenoxy) is 2. The SMILES string of the molecule is Cc1cnc(CNCC2(c3ccc(F)cc3)CCOCC2)c(C)c1Cl.Cc1cnc(CNCC2(c3ccc(F)cc3)CCOCC2)c(C)c1Cl. The fraction of sp³-hybridized carbons (Fsp3) is 0.450. The van der Waals surface area contributed by atoms with Crippen molar-refractivity contribution in [2.75, 3.05) is 39.5 Å². The highest BCUT2D eigenvalue weighted by Crippen LogP contribution is 2.36. The Kier molecular flexibility index (Phi) is 13.4. The van der Waals surface area contributed by atoms with E-state index in [2.05, 4.69) is 20.6 Å². The molecule has 0 saturated carbocycles. The first-order chi connectivity index (χ1) is 24.0. The molecule has 0 unspecified atom stereocenters. The molecule has 2 saturated heterocycles. The van der Waals surface area contributed by atoms with Crippen molar-refractivity contribution in [3.63, 3.8) is 0 Å². The Morgan fingerprint density at radius 1 is 0.600 bits per heavy atom. The summed E-state index contributed by atoms with van der Waals surface area (Å²) >= 11 is 12.7. The maximum Gasteiger partial charge on any atom is 0.123 e. The predicted molar refractivity (Wildman–Crippen MR) is 197 cm³/mol. The molecular weight excluding hydrogens is 677 g/mol. The van der Waals surface area contributed by atoms with E-state index >= 15 is 0 Å². The molecule has 268 valence electrons. The molecule has 6 rings (SSSR count). The molecule has 0 radical (unpaired) electrons. The van der Waals surface area contributed by atoms with Gasteiger partial charge in [-0.05, 0) is 111 Å². The molecule has 2 N–H and O–H groups in total. The Morgan fingerprint density at radius 2 is 0.940 bits per heavy atom. The lowest BCUT2D eigenvalue weighted by molar-refractivity contribution is 0.0496. The maximum atomic E-state index is 13.3. The number of nitrogens with zero attached hydrogens (tertiary/aromatic N) is 2. The van der Waals surface area contributed by atoms with Gasteiger partial charge in [0.1, 0.15) is 11.6 Å². The van der Waals surface area contributed by atoms with Crippen LogP contribution in [0.1, 0.15) is 70.5 Å². The topological polar surface area (TPSA) is 68.3 Å². The zero-order valence-corrected chi connectivity index (χ0v) is 31.0. The normalized spacial score (nSPS) is 16.8. The van der Waals surface area contributed by atoms with Crippen molar-refractivity contribution in [1.29, 1.82) is 0 Å². The van der Waals surface area contributed by atoms with Crippen LogP contribution in [0.25, 0.3) is 0 Å². The minimum atomic E-state index is -0.201. The average Bonchev–Trinajstić information content (AvgIpc) is 3.13. The van der Waals surface area contributed by atoms with Gasteiger partial charge in [0.15, 0.2) is 0 Å². The van der Waals surface area contributed by atoms with Gasteiger partial charge in [0, 0.05) is 85.9 Å². The first kappa shape index (κ1) is 38.3. The van der Waals surface area contributed by atoms with E-state index in [0.29, 0.717) is 13.1 Å². The number of hydrogen-bond acceptors (Lipinski definition) is 6. The monoisotopic (exact) mass is 724 g/mol. The van der Waals surface area contributed by atoms with Crippen molar-refractivity contribution in [1.82, 2.24) is 20.6 Å². The lowest BCUT2D eigenvalue weighted by Crippen LogP contribution is -2.42. The van der Waals surface area contributed by atoms with Crippen LogP contribution in [-0.2, 0) is 33.4 Å². The number of halogens is 4. The number of rotatable bonds is 10. The van der Waals surface area contributed by atoms with Gasteiger partial charge in [0.25, 0.3) is 0 Å². The molecule has 4 heterocycles. The summed E-state index contributed by atoms with van der Waals surface area (Å²) in [4.78, 5) is 9.01. The molecule has 2 fully saturated rings. The summed E-state index contributed by atoms with van der Waals surface area (Å²) in [7, 11) is 0. The minimum Gasteiger partial charge on any atom is -0.381 e. The van der Waals surface area contributed by atoms with Crippen LogP contribution in [0.4, 0.5) is 8.78 Å². The molecule has 6 nitrogen and oxygen atoms in total. The lowest BCUT2D eigenvalue weighted by Gasteiger charge is -2.38. The van der Waals surface area contributed by atoms with Crippen LogP contribution in [-0.4, -0.2) is 49.5 Å². The number of aromatic nitrogens is 2. The first-order valence-electron chi connectivity index (χ1n) is 17.3. The maximum absolute atomic E-state index is 13.3. The van der Waals surface area contributed by atoms with Crippen LogP contribution < -0.4 is 10.6 Å². The average molecular weight is 726 g/mol. The van der Waals surface area contributed by atoms with Crippen LogP contribution in [0.2, 0.25) is 10.0 Å². The van der Waals surface area contributed by atoms with E-state index in [-0.39, 0.29) is 22.5 Å². The standard InChI is InChI=1S/2C20H24ClFN2O/c2*1-14-11-24-18(15(2)19(14)21)12-23-13-20(7-9-25-10-8-20)16-3-5-17(22)6-4-16/h2*3-6,11,23H,7-10,12-13H2,1-2H3. The van der Waals surface area contributed by atoms with E-state index < -0.39 is 0 Å². The first-order valence-corrected chi connectivity index (χ1v) is 18.1. The van der Waals surface area contributed by atoms with Crippen LogP contribution in [0.5, 0.6) is 0 Å². The third-order valence-corrected chi connectivity index (χ3v) is 11.5. The van der Waals surface area contributed by atoms with Crippen molar-refractivity contribution >= 4 is 23.2 Å². The quantitative estimate of drug-likeness (QED) is 0.171. The Labute approximate surface area is 305 Å². The molecule has 50 heavy (non-hydrogen) atoms. The summed E-state index contributed by atoms with van der Waals surface area (Å²) in [6, 6.07) is 13.7. The van der Waals surface area contributed by atoms with Crippen LogP contribution >= 0.6 is 23.2 Å². The van der Waals surface area contributed by atoms with E-state index in [1.54, 1.807) is 0 Å². The number of pyridine rings is 2. The van der Waals surface area contributed by atoms with E-state index in [1.165, 1.54) is 24.3 Å². The Hall–Kier alpha value is -2.98. The van der Waals surface area contributed by atoms with Gasteiger partial charge in [-0.1, -0.05) is 47.5 Å². The molecule has 0 aliphatic carbocycles. The number of nitrogens with one attached hydrogen (secondary N) is 2. The molecule has 2 aliphatic rings. The molecule has 0 atom stereocenters. The Morgan fingerprint density at radius 3 is 1.28 bits per heavy atom. The second kappa shape index (κ2) is 17.5. The summed E-state index contributed by atoms with van der Waals surface area (Å²) in [6.45, 7) is 13.8. The molecule has 2 aliphatic heterocycles. The van der Waals surface area contributed by atoms with E-state index in [0.717, 1.165) is 120 Å². The van der Waals surface area contributed by atoms with Gasteiger partial charge in [-0.15, -0.1) is 0 Å². The van der Waals surface area contributed by atoms with Crippen molar-refractivity contribution in [3.8, 4) is 0 Å². The fourth-order valence-corrected chi connectivity index (χ4v) is 7.28. The summed E-state index contributed by atoms with van der Waals surface area (Å²) in [6.07, 6.45) is 7.33. The molecular formula is C40H48Cl2F2N4O2. The zero-order chi connectivity index (χ0) is 35.7. The highest BCUT2D eigenvalue weighted by atomic mass is 35.5. The molecule has 0 amide bonds. The molecule has 2 aromatic heterocycles. The second-order valence-corrected chi connectivity index (χ2v) is 14.4. The molecule has 0 spiro atoms. The Bertz CT molecular complexity index is 1580. The van der Waals surface area contributed by atoms with E-state index in [1.807, 2.05) is 64.4 Å². The highest BCUT2D eigenvalue weighted by molar-refractivity contribution is 6.32. The van der Waals surface area contributed by atoms with Crippen molar-refractivity contribution < 1.29 is 18.3 Å². The number of hydrogen-bond donors (Lipinski definition) is 2. The van der Waals surface area contributed by atoms with Gasteiger partial charge >= 0.3 is 0 Å². The van der Waals surface area contributed by atoms with Crippen LogP contribution in [0.15, 0.2) is 60.9 Å². The number of benzene rings is 2. The third kappa shape index (κ3) is 9.27. The molecule has 4 aromatic rings. The second-order valence-electron chi connectivity index (χ2n) is 13.7. The van der Waals surface area contributed by atoms with Gasteiger partial charge in [0.05, 0.1) is 11.4 Å². The van der Waals surface area contributed by atoms with Gasteiger partial charge in [-0.2, -0.15) is 0 Å². The van der Waals surface area contributed by atoms with Crippen molar-refractivity contribution in [2.45, 2.75) is 77.3 Å². The van der Waals surface area contributed by atoms with E-state index in [4.69, 9.17) is 32.7 Å². The fourth-order valence-electron chi connectivity index (χ4n) is 6.96. The zero-order valence-electron chi connectivity index (χ0n) is 29.5. The lowest BCUT2D eigenvalue weighted by atomic mass is 9.74. The molecule has 0 bridgehead atoms. The largest absolute Gasteiger partial charge is 0.381 e. The Balaban J connectivity index is 0.000000194. The third-order valence-electron chi connectivity index (χ3n) is 10.4. The molecule has 10 heteroatoms. The van der Waals surface area contributed by atoms with Gasteiger partial charge in [-0.3, -0.25) is 9.97 Å². The summed E-state index contributed by atoms with van der Waals surface area (Å²) in [5.74, 6) is -0.402. The van der Waals surface area contributed by atoms with E-state index in [9.17, 15) is 8.78 Å². The predicted octanol–water partition coefficient (Wildman–Crippen LogP) is 8.66. The molecule has 2 aromatic carbocycles. The van der Waals surface area contributed by atoms with Gasteiger partial charge in [-0.25, -0.2) is 8.78 Å². The van der Waals surface area contributed by atoms with Crippen molar-refractivity contribution in [3.05, 3.63) is 127 Å². The highest BCUT2D eigenvalue weighted by Gasteiger charge is 2.35. The minimum absolute atomic E-state index is 0.0334. The number of aryl methyl sites for hydroxylation is 2. The van der Waals surface area contributed by atoms with Gasteiger partial charge < -0.3 is 20.1 Å².